The molecule has 41 heavy (non-hydrogen) atoms. The summed E-state index contributed by atoms with van der Waals surface area (Å²) in [6.45, 7) is 8.42. The Morgan fingerprint density at radius 2 is 1.98 bits per heavy atom. The van der Waals surface area contributed by atoms with E-state index in [0.717, 1.165) is 12.8 Å². The van der Waals surface area contributed by atoms with Gasteiger partial charge in [-0.2, -0.15) is 4.98 Å². The third-order valence-corrected chi connectivity index (χ3v) is 9.50. The van der Waals surface area contributed by atoms with Crippen molar-refractivity contribution in [3.8, 4) is 17.1 Å². The summed E-state index contributed by atoms with van der Waals surface area (Å²) in [4.78, 5) is 29.8. The Balaban J connectivity index is 1.31. The van der Waals surface area contributed by atoms with Crippen LogP contribution in [0, 0.1) is 24.2 Å². The van der Waals surface area contributed by atoms with Gasteiger partial charge >= 0.3 is 13.1 Å². The third-order valence-electron chi connectivity index (χ3n) is 9.50. The molecule has 1 aliphatic heterocycles. The highest BCUT2D eigenvalue weighted by atomic mass is 16.7. The Kier molecular flexibility index (Phi) is 6.69. The number of ether oxygens (including phenoxy) is 1. The zero-order chi connectivity index (χ0) is 29.1. The van der Waals surface area contributed by atoms with Crippen LogP contribution in [-0.4, -0.2) is 59.0 Å². The van der Waals surface area contributed by atoms with Crippen LogP contribution >= 0.6 is 0 Å². The predicted octanol–water partition coefficient (Wildman–Crippen LogP) is 4.36. The number of hydrogen-bond acceptors (Lipinski definition) is 8. The summed E-state index contributed by atoms with van der Waals surface area (Å²) < 4.78 is 23.9. The van der Waals surface area contributed by atoms with Gasteiger partial charge in [-0.3, -0.25) is 4.79 Å². The van der Waals surface area contributed by atoms with Crippen molar-refractivity contribution < 1.29 is 33.3 Å². The van der Waals surface area contributed by atoms with Gasteiger partial charge < -0.3 is 29.0 Å². The quantitative estimate of drug-likeness (QED) is 0.386. The molecule has 214 valence electrons. The predicted molar refractivity (Wildman–Crippen MR) is 149 cm³/mol. The topological polar surface area (TPSA) is 133 Å². The average molecular weight is 559 g/mol. The number of aryl methyl sites for hydroxylation is 1. The first kappa shape index (κ1) is 27.5. The SMILES string of the molecule is COc1c(CC(NC(=O)c2cccc(-c3noc(C)n3)c2)B2OC3CC4CC(C4(C)C)C3(C)O2)cccc1C(=O)O. The summed E-state index contributed by atoms with van der Waals surface area (Å²) >= 11 is 0. The first-order chi connectivity index (χ1) is 19.5. The van der Waals surface area contributed by atoms with Gasteiger partial charge in [0, 0.05) is 18.1 Å². The van der Waals surface area contributed by atoms with Gasteiger partial charge in [0.15, 0.2) is 0 Å². The van der Waals surface area contributed by atoms with Crippen molar-refractivity contribution >= 4 is 19.0 Å². The Morgan fingerprint density at radius 1 is 1.20 bits per heavy atom. The molecule has 1 amide bonds. The van der Waals surface area contributed by atoms with Crippen molar-refractivity contribution in [1.29, 1.82) is 0 Å². The van der Waals surface area contributed by atoms with E-state index in [1.54, 1.807) is 37.3 Å². The minimum atomic E-state index is -1.09. The van der Waals surface area contributed by atoms with Crippen molar-refractivity contribution in [1.82, 2.24) is 15.5 Å². The Hall–Kier alpha value is -3.70. The van der Waals surface area contributed by atoms with Crippen molar-refractivity contribution in [3.63, 3.8) is 0 Å². The minimum absolute atomic E-state index is 0.0506. The van der Waals surface area contributed by atoms with E-state index in [-0.39, 0.29) is 35.2 Å². The van der Waals surface area contributed by atoms with Gasteiger partial charge in [0.2, 0.25) is 11.7 Å². The van der Waals surface area contributed by atoms with Crippen LogP contribution in [0.1, 0.15) is 65.8 Å². The first-order valence-corrected chi connectivity index (χ1v) is 13.9. The largest absolute Gasteiger partial charge is 0.496 e. The summed E-state index contributed by atoms with van der Waals surface area (Å²) in [5, 5.41) is 16.8. The number of carboxylic acid groups (broad SMARTS) is 1. The number of nitrogens with one attached hydrogen (secondary N) is 1. The Morgan fingerprint density at radius 3 is 2.66 bits per heavy atom. The number of carbonyl (C=O) groups is 2. The number of methoxy groups -OCH3 is 1. The number of hydrogen-bond donors (Lipinski definition) is 2. The molecule has 7 rings (SSSR count). The summed E-state index contributed by atoms with van der Waals surface area (Å²) in [7, 11) is 0.711. The van der Waals surface area contributed by atoms with Gasteiger partial charge in [-0.25, -0.2) is 4.79 Å². The molecule has 1 saturated heterocycles. The fraction of sp³-hybridized carbons (Fsp3) is 0.467. The monoisotopic (exact) mass is 559 g/mol. The highest BCUT2D eigenvalue weighted by molar-refractivity contribution is 6.48. The molecule has 4 aliphatic rings. The van der Waals surface area contributed by atoms with E-state index in [2.05, 4.69) is 36.2 Å². The number of nitrogens with zero attached hydrogens (tertiary/aromatic N) is 2. The molecule has 0 spiro atoms. The molecule has 4 fully saturated rings. The number of carboxylic acids is 1. The number of benzene rings is 2. The van der Waals surface area contributed by atoms with Crippen molar-refractivity contribution in [2.75, 3.05) is 7.11 Å². The van der Waals surface area contributed by atoms with E-state index in [4.69, 9.17) is 18.6 Å². The van der Waals surface area contributed by atoms with Crippen LogP contribution in [-0.2, 0) is 15.7 Å². The van der Waals surface area contributed by atoms with Gasteiger partial charge in [-0.05, 0) is 67.2 Å². The molecule has 1 aromatic heterocycles. The first-order valence-electron chi connectivity index (χ1n) is 13.9. The van der Waals surface area contributed by atoms with Crippen molar-refractivity contribution in [3.05, 3.63) is 65.0 Å². The summed E-state index contributed by atoms with van der Waals surface area (Å²) in [6, 6.07) is 12.0. The lowest BCUT2D eigenvalue weighted by Crippen LogP contribution is -2.65. The van der Waals surface area contributed by atoms with Crippen LogP contribution in [0.25, 0.3) is 11.4 Å². The molecule has 2 bridgehead atoms. The van der Waals surface area contributed by atoms with Gasteiger partial charge in [0.25, 0.3) is 5.91 Å². The van der Waals surface area contributed by atoms with Crippen molar-refractivity contribution in [2.45, 2.75) is 64.6 Å². The fourth-order valence-electron chi connectivity index (χ4n) is 7.15. The second-order valence-electron chi connectivity index (χ2n) is 12.1. The molecule has 11 heteroatoms. The molecule has 3 aromatic rings. The standard InChI is InChI=1S/C30H34BN3O7/c1-16-32-26(34-40-16)18-9-6-10-19(12-18)27(35)33-24(13-17-8-7-11-21(28(36)37)25(17)38-5)31-39-23-15-20-14-22(29(20,2)3)30(23,4)41-31/h6-12,20,22-24H,13-15H2,1-5H3,(H,33,35)(H,36,37). The summed E-state index contributed by atoms with van der Waals surface area (Å²) in [6.07, 6.45) is 2.16. The molecule has 3 saturated carbocycles. The Bertz CT molecular complexity index is 1510. The molecule has 0 radical (unpaired) electrons. The van der Waals surface area contributed by atoms with E-state index in [9.17, 15) is 14.7 Å². The number of rotatable bonds is 8. The number of amides is 1. The zero-order valence-electron chi connectivity index (χ0n) is 23.8. The molecular formula is C30H34BN3O7. The molecule has 2 heterocycles. The lowest BCUT2D eigenvalue weighted by atomic mass is 9.43. The van der Waals surface area contributed by atoms with Crippen LogP contribution in [0.5, 0.6) is 5.75 Å². The molecule has 5 atom stereocenters. The van der Waals surface area contributed by atoms with Crippen LogP contribution in [0.15, 0.2) is 47.0 Å². The second-order valence-corrected chi connectivity index (χ2v) is 12.1. The van der Waals surface area contributed by atoms with E-state index >= 15 is 0 Å². The maximum atomic E-state index is 13.7. The molecule has 5 unspecified atom stereocenters. The lowest BCUT2D eigenvalue weighted by Gasteiger charge is -2.64. The number of para-hydroxylation sites is 1. The van der Waals surface area contributed by atoms with Crippen LogP contribution in [0.2, 0.25) is 0 Å². The molecule has 2 N–H and O–H groups in total. The molecule has 10 nitrogen and oxygen atoms in total. The zero-order valence-corrected chi connectivity index (χ0v) is 23.8. The van der Waals surface area contributed by atoms with Gasteiger partial charge in [0.1, 0.15) is 11.3 Å². The molecule has 2 aromatic carbocycles. The van der Waals surface area contributed by atoms with E-state index in [1.165, 1.54) is 13.2 Å². The van der Waals surface area contributed by atoms with E-state index < -0.39 is 24.6 Å². The van der Waals surface area contributed by atoms with E-state index in [0.29, 0.717) is 40.2 Å². The summed E-state index contributed by atoms with van der Waals surface area (Å²) in [5.74, 6) is -0.0547. The maximum Gasteiger partial charge on any atom is 0.482 e. The number of aromatic nitrogens is 2. The normalized spacial score (nSPS) is 26.6. The second kappa shape index (κ2) is 9.99. The summed E-state index contributed by atoms with van der Waals surface area (Å²) in [5.41, 5.74) is 1.42. The van der Waals surface area contributed by atoms with Gasteiger partial charge in [-0.15, -0.1) is 0 Å². The van der Waals surface area contributed by atoms with Gasteiger partial charge in [-0.1, -0.05) is 43.3 Å². The smallest absolute Gasteiger partial charge is 0.482 e. The highest BCUT2D eigenvalue weighted by Crippen LogP contribution is 2.65. The van der Waals surface area contributed by atoms with Crippen LogP contribution < -0.4 is 10.1 Å². The maximum absolute atomic E-state index is 13.7. The van der Waals surface area contributed by atoms with Gasteiger partial charge in [0.05, 0.1) is 24.8 Å². The highest BCUT2D eigenvalue weighted by Gasteiger charge is 2.68. The average Bonchev–Trinajstić information content (AvgIpc) is 3.54. The molecule has 3 aliphatic carbocycles. The molecular weight excluding hydrogens is 525 g/mol. The third kappa shape index (κ3) is 4.61. The minimum Gasteiger partial charge on any atom is -0.496 e. The van der Waals surface area contributed by atoms with E-state index in [1.807, 2.05) is 6.07 Å². The number of aromatic carboxylic acids is 1. The lowest BCUT2D eigenvalue weighted by molar-refractivity contribution is -0.199. The number of carbonyl (C=O) groups excluding carboxylic acids is 1. The van der Waals surface area contributed by atoms with Crippen LogP contribution in [0.3, 0.4) is 0 Å². The fourth-order valence-corrected chi connectivity index (χ4v) is 7.15. The van der Waals surface area contributed by atoms with Crippen molar-refractivity contribution in [2.24, 2.45) is 17.3 Å². The van der Waals surface area contributed by atoms with Crippen LogP contribution in [0.4, 0.5) is 0 Å². The Labute approximate surface area is 238 Å².